The molecule has 1 aromatic rings. The van der Waals surface area contributed by atoms with Gasteiger partial charge in [0, 0.05) is 19.7 Å². The van der Waals surface area contributed by atoms with Crippen LogP contribution in [0.1, 0.15) is 10.5 Å². The Morgan fingerprint density at radius 3 is 3.00 bits per heavy atom. The number of rotatable bonds is 3. The molecule has 1 rings (SSSR count). The molecule has 0 unspecified atom stereocenters. The zero-order chi connectivity index (χ0) is 9.84. The molecule has 0 saturated heterocycles. The van der Waals surface area contributed by atoms with Crippen molar-refractivity contribution in [3.05, 3.63) is 11.8 Å². The van der Waals surface area contributed by atoms with E-state index in [9.17, 15) is 4.79 Å². The molecule has 13 heavy (non-hydrogen) atoms. The molecule has 0 fully saturated rings. The van der Waals surface area contributed by atoms with E-state index in [1.807, 2.05) is 0 Å². The minimum atomic E-state index is -0.238. The van der Waals surface area contributed by atoms with Crippen molar-refractivity contribution >= 4 is 11.7 Å². The molecule has 0 aliphatic carbocycles. The molecule has 4 N–H and O–H groups in total. The maximum atomic E-state index is 11.4. The first-order valence-corrected chi connectivity index (χ1v) is 3.82. The van der Waals surface area contributed by atoms with Crippen molar-refractivity contribution < 1.29 is 9.90 Å². The Hall–Kier alpha value is -1.56. The second-order valence-corrected chi connectivity index (χ2v) is 2.66. The maximum absolute atomic E-state index is 11.4. The van der Waals surface area contributed by atoms with Gasteiger partial charge in [0.05, 0.1) is 6.61 Å². The number of aromatic nitrogens is 2. The normalized spacial score (nSPS) is 10.0. The lowest BCUT2D eigenvalue weighted by Crippen LogP contribution is -2.29. The molecule has 6 nitrogen and oxygen atoms in total. The minimum absolute atomic E-state index is 0.0636. The number of nitrogens with two attached hydrogens (primary N) is 1. The fourth-order valence-electron chi connectivity index (χ4n) is 0.904. The first-order valence-electron chi connectivity index (χ1n) is 3.82. The Labute approximate surface area is 75.3 Å². The zero-order valence-electron chi connectivity index (χ0n) is 7.32. The third kappa shape index (κ3) is 2.19. The number of nitrogens with zero attached hydrogens (tertiary/aromatic N) is 2. The van der Waals surface area contributed by atoms with E-state index in [0.29, 0.717) is 5.69 Å². The van der Waals surface area contributed by atoms with Gasteiger partial charge in [-0.1, -0.05) is 0 Å². The van der Waals surface area contributed by atoms with Gasteiger partial charge in [-0.25, -0.2) is 0 Å². The number of anilines is 1. The summed E-state index contributed by atoms with van der Waals surface area (Å²) in [5.74, 6) is 0.0407. The van der Waals surface area contributed by atoms with E-state index in [4.69, 9.17) is 10.8 Å². The summed E-state index contributed by atoms with van der Waals surface area (Å²) in [6, 6.07) is 1.45. The van der Waals surface area contributed by atoms with Crippen molar-refractivity contribution in [2.45, 2.75) is 0 Å². The number of aromatic amines is 1. The largest absolute Gasteiger partial charge is 0.395 e. The van der Waals surface area contributed by atoms with Gasteiger partial charge < -0.3 is 15.7 Å². The van der Waals surface area contributed by atoms with E-state index in [0.717, 1.165) is 0 Å². The molecule has 0 radical (unpaired) electrons. The lowest BCUT2D eigenvalue weighted by atomic mass is 10.3. The number of likely N-dealkylation sites (N-methyl/N-ethyl adjacent to an activating group) is 1. The Morgan fingerprint density at radius 1 is 1.85 bits per heavy atom. The Bertz CT molecular complexity index is 296. The average Bonchev–Trinajstić information content (AvgIpc) is 2.51. The summed E-state index contributed by atoms with van der Waals surface area (Å²) in [6.45, 7) is 0.226. The Morgan fingerprint density at radius 2 is 2.54 bits per heavy atom. The number of hydrogen-bond acceptors (Lipinski definition) is 4. The topological polar surface area (TPSA) is 95.2 Å². The van der Waals surface area contributed by atoms with Crippen LogP contribution in [0.15, 0.2) is 6.07 Å². The molecule has 0 saturated carbocycles. The number of nitrogens with one attached hydrogen (secondary N) is 1. The second kappa shape index (κ2) is 3.90. The zero-order valence-corrected chi connectivity index (χ0v) is 7.32. The van der Waals surface area contributed by atoms with Crippen LogP contribution in [-0.2, 0) is 0 Å². The molecule has 1 aromatic heterocycles. The number of carbonyl (C=O) groups is 1. The summed E-state index contributed by atoms with van der Waals surface area (Å²) in [5, 5.41) is 14.7. The van der Waals surface area contributed by atoms with Crippen LogP contribution < -0.4 is 5.73 Å². The van der Waals surface area contributed by atoms with Gasteiger partial charge in [0.2, 0.25) is 0 Å². The molecular formula is C7H12N4O2. The van der Waals surface area contributed by atoms with Gasteiger partial charge in [-0.3, -0.25) is 9.89 Å². The number of hydrogen-bond donors (Lipinski definition) is 3. The summed E-state index contributed by atoms with van der Waals surface area (Å²) in [4.78, 5) is 12.8. The molecule has 72 valence electrons. The highest BCUT2D eigenvalue weighted by molar-refractivity contribution is 5.92. The second-order valence-electron chi connectivity index (χ2n) is 2.66. The van der Waals surface area contributed by atoms with Crippen molar-refractivity contribution in [1.29, 1.82) is 0 Å². The highest BCUT2D eigenvalue weighted by Crippen LogP contribution is 2.03. The molecule has 1 heterocycles. The van der Waals surface area contributed by atoms with Gasteiger partial charge in [0.1, 0.15) is 11.5 Å². The number of aliphatic hydroxyl groups excluding tert-OH is 1. The molecule has 0 atom stereocenters. The van der Waals surface area contributed by atoms with E-state index < -0.39 is 0 Å². The van der Waals surface area contributed by atoms with E-state index in [1.165, 1.54) is 11.0 Å². The summed E-state index contributed by atoms with van der Waals surface area (Å²) in [6.07, 6.45) is 0. The monoisotopic (exact) mass is 184 g/mol. The highest BCUT2D eigenvalue weighted by atomic mass is 16.3. The summed E-state index contributed by atoms with van der Waals surface area (Å²) in [5.41, 5.74) is 5.66. The van der Waals surface area contributed by atoms with Crippen LogP contribution >= 0.6 is 0 Å². The SMILES string of the molecule is CN(CCO)C(=O)c1cc(N)n[nH]1. The predicted molar refractivity (Wildman–Crippen MR) is 47.0 cm³/mol. The van der Waals surface area contributed by atoms with Gasteiger partial charge in [-0.05, 0) is 0 Å². The third-order valence-corrected chi connectivity index (χ3v) is 1.61. The quantitative estimate of drug-likeness (QED) is 0.564. The number of nitrogen functional groups attached to an aromatic ring is 1. The van der Waals surface area contributed by atoms with Gasteiger partial charge in [-0.2, -0.15) is 5.10 Å². The first-order chi connectivity index (χ1) is 6.15. The molecule has 0 aromatic carbocycles. The van der Waals surface area contributed by atoms with Crippen molar-refractivity contribution in [2.75, 3.05) is 25.9 Å². The Balaban J connectivity index is 2.67. The van der Waals surface area contributed by atoms with Gasteiger partial charge in [0.15, 0.2) is 0 Å². The standard InChI is InChI=1S/C7H12N4O2/c1-11(2-3-12)7(13)5-4-6(8)10-9-5/h4,12H,2-3H2,1H3,(H3,8,9,10). The summed E-state index contributed by atoms with van der Waals surface area (Å²) in [7, 11) is 1.59. The van der Waals surface area contributed by atoms with Crippen molar-refractivity contribution in [3.8, 4) is 0 Å². The fraction of sp³-hybridized carbons (Fsp3) is 0.429. The van der Waals surface area contributed by atoms with Gasteiger partial charge in [0.25, 0.3) is 5.91 Å². The van der Waals surface area contributed by atoms with Crippen LogP contribution in [0.25, 0.3) is 0 Å². The van der Waals surface area contributed by atoms with E-state index >= 15 is 0 Å². The van der Waals surface area contributed by atoms with Crippen LogP contribution in [0.5, 0.6) is 0 Å². The van der Waals surface area contributed by atoms with E-state index in [-0.39, 0.29) is 24.9 Å². The third-order valence-electron chi connectivity index (χ3n) is 1.61. The summed E-state index contributed by atoms with van der Waals surface area (Å²) >= 11 is 0. The number of carbonyl (C=O) groups excluding carboxylic acids is 1. The lowest BCUT2D eigenvalue weighted by molar-refractivity contribution is 0.0761. The molecule has 1 amide bonds. The highest BCUT2D eigenvalue weighted by Gasteiger charge is 2.12. The fourth-order valence-corrected chi connectivity index (χ4v) is 0.904. The molecule has 6 heteroatoms. The molecular weight excluding hydrogens is 172 g/mol. The van der Waals surface area contributed by atoms with Crippen molar-refractivity contribution in [1.82, 2.24) is 15.1 Å². The molecule has 0 spiro atoms. The smallest absolute Gasteiger partial charge is 0.271 e. The van der Waals surface area contributed by atoms with Gasteiger partial charge >= 0.3 is 0 Å². The lowest BCUT2D eigenvalue weighted by Gasteiger charge is -2.13. The number of amides is 1. The number of aliphatic hydroxyl groups is 1. The predicted octanol–water partition coefficient (Wildman–Crippen LogP) is -0.944. The van der Waals surface area contributed by atoms with Crippen molar-refractivity contribution in [2.24, 2.45) is 0 Å². The Kier molecular flexibility index (Phi) is 2.86. The maximum Gasteiger partial charge on any atom is 0.271 e. The first kappa shape index (κ1) is 9.53. The van der Waals surface area contributed by atoms with E-state index in [2.05, 4.69) is 10.2 Å². The van der Waals surface area contributed by atoms with Crippen LogP contribution in [0.3, 0.4) is 0 Å². The minimum Gasteiger partial charge on any atom is -0.395 e. The summed E-state index contributed by atoms with van der Waals surface area (Å²) < 4.78 is 0. The number of H-pyrrole nitrogens is 1. The van der Waals surface area contributed by atoms with Gasteiger partial charge in [-0.15, -0.1) is 0 Å². The van der Waals surface area contributed by atoms with E-state index in [1.54, 1.807) is 7.05 Å². The average molecular weight is 184 g/mol. The molecule has 0 aliphatic heterocycles. The van der Waals surface area contributed by atoms with Crippen molar-refractivity contribution in [3.63, 3.8) is 0 Å². The van der Waals surface area contributed by atoms with Crippen LogP contribution in [0.2, 0.25) is 0 Å². The van der Waals surface area contributed by atoms with Crippen LogP contribution in [0, 0.1) is 0 Å². The molecule has 0 bridgehead atoms. The van der Waals surface area contributed by atoms with Crippen LogP contribution in [0.4, 0.5) is 5.82 Å². The van der Waals surface area contributed by atoms with Crippen LogP contribution in [-0.4, -0.2) is 46.3 Å². The molecule has 0 aliphatic rings.